The van der Waals surface area contributed by atoms with E-state index in [0.29, 0.717) is 31.7 Å². The van der Waals surface area contributed by atoms with Gasteiger partial charge in [0.25, 0.3) is 0 Å². The molecule has 5 nitrogen and oxygen atoms in total. The van der Waals surface area contributed by atoms with E-state index in [2.05, 4.69) is 19.2 Å². The smallest absolute Gasteiger partial charge is 0.226 e. The average molecular weight is 310 g/mol. The lowest BCUT2D eigenvalue weighted by atomic mass is 9.81. The van der Waals surface area contributed by atoms with Gasteiger partial charge in [0.1, 0.15) is 0 Å². The first-order chi connectivity index (χ1) is 10.4. The molecular weight excluding hydrogens is 280 g/mol. The van der Waals surface area contributed by atoms with Crippen LogP contribution in [0, 0.1) is 17.8 Å². The van der Waals surface area contributed by atoms with Crippen LogP contribution in [0.4, 0.5) is 0 Å². The number of carbonyl (C=O) groups is 3. The largest absolute Gasteiger partial charge is 0.359 e. The van der Waals surface area contributed by atoms with Crippen molar-refractivity contribution in [1.29, 1.82) is 0 Å². The van der Waals surface area contributed by atoms with Crippen molar-refractivity contribution in [3.05, 3.63) is 0 Å². The van der Waals surface area contributed by atoms with Gasteiger partial charge in [-0.2, -0.15) is 0 Å². The molecule has 0 radical (unpaired) electrons. The molecule has 126 valence electrons. The van der Waals surface area contributed by atoms with Crippen LogP contribution in [0.15, 0.2) is 0 Å². The quantitative estimate of drug-likeness (QED) is 0.782. The number of carbonyl (C=O) groups excluding carboxylic acids is 3. The Morgan fingerprint density at radius 1 is 1.27 bits per heavy atom. The van der Waals surface area contributed by atoms with E-state index in [0.717, 1.165) is 12.8 Å². The lowest BCUT2D eigenvalue weighted by Crippen LogP contribution is -2.47. The molecule has 0 spiro atoms. The highest BCUT2D eigenvalue weighted by Gasteiger charge is 2.36. The molecule has 1 fully saturated rings. The summed E-state index contributed by atoms with van der Waals surface area (Å²) in [6.07, 6.45) is 3.54. The number of likely N-dealkylation sites (tertiary alicyclic amines) is 1. The number of hydrogen-bond donors (Lipinski definition) is 1. The summed E-state index contributed by atoms with van der Waals surface area (Å²) in [7, 11) is 1.62. The second-order valence-electron chi connectivity index (χ2n) is 6.65. The molecule has 22 heavy (non-hydrogen) atoms. The van der Waals surface area contributed by atoms with Crippen LogP contribution in [0.25, 0.3) is 0 Å². The van der Waals surface area contributed by atoms with Crippen LogP contribution in [-0.2, 0) is 14.4 Å². The van der Waals surface area contributed by atoms with E-state index in [9.17, 15) is 14.4 Å². The van der Waals surface area contributed by atoms with Crippen molar-refractivity contribution in [2.24, 2.45) is 17.8 Å². The predicted molar refractivity (Wildman–Crippen MR) is 86.2 cm³/mol. The summed E-state index contributed by atoms with van der Waals surface area (Å²) in [4.78, 5) is 38.4. The van der Waals surface area contributed by atoms with Gasteiger partial charge in [-0.1, -0.05) is 27.2 Å². The molecule has 0 aliphatic carbocycles. The number of nitrogens with zero attached hydrogens (tertiary/aromatic N) is 1. The van der Waals surface area contributed by atoms with Crippen molar-refractivity contribution < 1.29 is 14.4 Å². The summed E-state index contributed by atoms with van der Waals surface area (Å²) in [5.74, 6) is -0.269. The summed E-state index contributed by atoms with van der Waals surface area (Å²) in [5.41, 5.74) is 0. The Morgan fingerprint density at radius 3 is 2.45 bits per heavy atom. The fraction of sp³-hybridized carbons (Fsp3) is 0.824. The number of amides is 2. The molecule has 2 atom stereocenters. The van der Waals surface area contributed by atoms with Gasteiger partial charge in [-0.05, 0) is 25.2 Å². The van der Waals surface area contributed by atoms with E-state index >= 15 is 0 Å². The maximum Gasteiger partial charge on any atom is 0.226 e. The zero-order valence-corrected chi connectivity index (χ0v) is 14.4. The molecule has 1 N–H and O–H groups in total. The van der Waals surface area contributed by atoms with Gasteiger partial charge in [0.2, 0.25) is 11.8 Å². The molecule has 0 bridgehead atoms. The molecular formula is C17H30N2O3. The van der Waals surface area contributed by atoms with Crippen LogP contribution in [0.2, 0.25) is 0 Å². The van der Waals surface area contributed by atoms with E-state index in [1.807, 2.05) is 6.92 Å². The van der Waals surface area contributed by atoms with Gasteiger partial charge >= 0.3 is 0 Å². The van der Waals surface area contributed by atoms with Crippen molar-refractivity contribution >= 4 is 17.6 Å². The molecule has 0 aromatic rings. The molecule has 1 saturated heterocycles. The second kappa shape index (κ2) is 8.91. The zero-order valence-electron chi connectivity index (χ0n) is 14.4. The normalized spacial score (nSPS) is 18.2. The third-order valence-corrected chi connectivity index (χ3v) is 4.27. The molecule has 1 aliphatic heterocycles. The third-order valence-electron chi connectivity index (χ3n) is 4.27. The van der Waals surface area contributed by atoms with Gasteiger partial charge in [0.15, 0.2) is 5.78 Å². The monoisotopic (exact) mass is 310 g/mol. The van der Waals surface area contributed by atoms with Gasteiger partial charge in [-0.3, -0.25) is 14.4 Å². The molecule has 2 amide bonds. The lowest BCUT2D eigenvalue weighted by Gasteiger charge is -2.33. The van der Waals surface area contributed by atoms with Crippen molar-refractivity contribution in [2.75, 3.05) is 20.1 Å². The molecule has 1 heterocycles. The highest BCUT2D eigenvalue weighted by Crippen LogP contribution is 2.28. The molecule has 0 aromatic carbocycles. The number of rotatable bonds is 7. The summed E-state index contributed by atoms with van der Waals surface area (Å²) < 4.78 is 0. The Kier molecular flexibility index (Phi) is 7.56. The molecule has 0 unspecified atom stereocenters. The van der Waals surface area contributed by atoms with Crippen LogP contribution in [0.1, 0.15) is 52.9 Å². The van der Waals surface area contributed by atoms with Crippen LogP contribution >= 0.6 is 0 Å². The standard InChI is InChI=1S/C17H30N2O3/c1-5-7-14(16(21)18-4)15(10-12(2)3)17(22)19-9-6-8-13(20)11-19/h12,14-15H,5-11H2,1-4H3,(H,18,21)/t14-,15+/m0/s1. The average Bonchev–Trinajstić information content (AvgIpc) is 2.49. The first kappa shape index (κ1) is 18.7. The Morgan fingerprint density at radius 2 is 1.95 bits per heavy atom. The summed E-state index contributed by atoms with van der Waals surface area (Å²) in [5, 5.41) is 2.69. The molecule has 0 saturated carbocycles. The van der Waals surface area contributed by atoms with Crippen LogP contribution in [-0.4, -0.2) is 42.6 Å². The first-order valence-corrected chi connectivity index (χ1v) is 8.42. The van der Waals surface area contributed by atoms with Crippen molar-refractivity contribution in [3.63, 3.8) is 0 Å². The van der Waals surface area contributed by atoms with Gasteiger partial charge < -0.3 is 10.2 Å². The van der Waals surface area contributed by atoms with Gasteiger partial charge in [-0.15, -0.1) is 0 Å². The van der Waals surface area contributed by atoms with Gasteiger partial charge in [-0.25, -0.2) is 0 Å². The minimum absolute atomic E-state index is 0.0243. The first-order valence-electron chi connectivity index (χ1n) is 8.42. The summed E-state index contributed by atoms with van der Waals surface area (Å²) >= 11 is 0. The van der Waals surface area contributed by atoms with E-state index in [-0.39, 0.29) is 36.0 Å². The van der Waals surface area contributed by atoms with Crippen LogP contribution < -0.4 is 5.32 Å². The number of ketones is 1. The lowest BCUT2D eigenvalue weighted by molar-refractivity contribution is -0.146. The Hall–Kier alpha value is -1.39. The van der Waals surface area contributed by atoms with Gasteiger partial charge in [0, 0.05) is 31.8 Å². The number of Topliss-reactive ketones (excluding diaryl/α,β-unsaturated/α-hetero) is 1. The van der Waals surface area contributed by atoms with Crippen LogP contribution in [0.3, 0.4) is 0 Å². The summed E-state index contributed by atoms with van der Waals surface area (Å²) in [6.45, 7) is 6.99. The highest BCUT2D eigenvalue weighted by atomic mass is 16.2. The van der Waals surface area contributed by atoms with E-state index < -0.39 is 0 Å². The molecule has 1 rings (SSSR count). The molecule has 1 aliphatic rings. The van der Waals surface area contributed by atoms with E-state index in [1.54, 1.807) is 11.9 Å². The number of hydrogen-bond acceptors (Lipinski definition) is 3. The minimum Gasteiger partial charge on any atom is -0.359 e. The maximum absolute atomic E-state index is 12.9. The Balaban J connectivity index is 2.95. The molecule has 0 aromatic heterocycles. The predicted octanol–water partition coefficient (Wildman–Crippen LogP) is 2.00. The fourth-order valence-corrected chi connectivity index (χ4v) is 3.22. The maximum atomic E-state index is 12.9. The zero-order chi connectivity index (χ0) is 16.7. The van der Waals surface area contributed by atoms with E-state index in [4.69, 9.17) is 0 Å². The minimum atomic E-state index is -0.328. The van der Waals surface area contributed by atoms with Crippen LogP contribution in [0.5, 0.6) is 0 Å². The Bertz CT molecular complexity index is 407. The topological polar surface area (TPSA) is 66.5 Å². The van der Waals surface area contributed by atoms with E-state index in [1.165, 1.54) is 0 Å². The van der Waals surface area contributed by atoms with Gasteiger partial charge in [0.05, 0.1) is 6.54 Å². The highest BCUT2D eigenvalue weighted by molar-refractivity contribution is 5.91. The SMILES string of the molecule is CCC[C@H](C(=O)NC)[C@@H](CC(C)C)C(=O)N1CCCC(=O)C1. The third kappa shape index (κ3) is 5.11. The molecule has 5 heteroatoms. The number of nitrogens with one attached hydrogen (secondary N) is 1. The number of piperidine rings is 1. The Labute approximate surface area is 133 Å². The fourth-order valence-electron chi connectivity index (χ4n) is 3.22. The van der Waals surface area contributed by atoms with Crippen molar-refractivity contribution in [3.8, 4) is 0 Å². The second-order valence-corrected chi connectivity index (χ2v) is 6.65. The summed E-state index contributed by atoms with van der Waals surface area (Å²) in [6, 6.07) is 0. The van der Waals surface area contributed by atoms with Crippen molar-refractivity contribution in [2.45, 2.75) is 52.9 Å². The van der Waals surface area contributed by atoms with Crippen molar-refractivity contribution in [1.82, 2.24) is 10.2 Å².